The average molecular weight is 297 g/mol. The van der Waals surface area contributed by atoms with Crippen molar-refractivity contribution in [3.05, 3.63) is 59.4 Å². The second kappa shape index (κ2) is 5.69. The molecular formula is C13H13ClN2O2S. The van der Waals surface area contributed by atoms with Gasteiger partial charge in [-0.25, -0.2) is 8.42 Å². The number of rotatable bonds is 4. The van der Waals surface area contributed by atoms with Gasteiger partial charge in [0.1, 0.15) is 0 Å². The number of benzene rings is 1. The Morgan fingerprint density at radius 1 is 1.11 bits per heavy atom. The third-order valence-electron chi connectivity index (χ3n) is 2.71. The van der Waals surface area contributed by atoms with E-state index in [2.05, 4.69) is 4.98 Å². The zero-order chi connectivity index (χ0) is 13.9. The molecule has 2 aromatic rings. The summed E-state index contributed by atoms with van der Waals surface area (Å²) in [5.41, 5.74) is 6.66. The molecule has 4 nitrogen and oxygen atoms in total. The van der Waals surface area contributed by atoms with Gasteiger partial charge in [0.2, 0.25) is 0 Å². The SMILES string of the molecule is NC(CS(=O)(=O)c1ccc(Cl)cc1)c1ccncc1. The fourth-order valence-corrected chi connectivity index (χ4v) is 3.22. The number of hydrogen-bond acceptors (Lipinski definition) is 4. The van der Waals surface area contributed by atoms with E-state index in [1.807, 2.05) is 0 Å². The van der Waals surface area contributed by atoms with E-state index in [0.717, 1.165) is 5.56 Å². The lowest BCUT2D eigenvalue weighted by atomic mass is 10.1. The highest BCUT2D eigenvalue weighted by atomic mass is 35.5. The average Bonchev–Trinajstić information content (AvgIpc) is 2.40. The molecule has 1 unspecified atom stereocenters. The Labute approximate surface area is 117 Å². The second-order valence-corrected chi connectivity index (χ2v) is 6.59. The van der Waals surface area contributed by atoms with Gasteiger partial charge in [-0.3, -0.25) is 4.98 Å². The first kappa shape index (κ1) is 14.0. The standard InChI is InChI=1S/C13H13ClN2O2S/c14-11-1-3-12(4-2-11)19(17,18)9-13(15)10-5-7-16-8-6-10/h1-8,13H,9,15H2. The highest BCUT2D eigenvalue weighted by Crippen LogP contribution is 2.19. The van der Waals surface area contributed by atoms with Gasteiger partial charge in [0, 0.05) is 23.5 Å². The first-order valence-corrected chi connectivity index (χ1v) is 7.66. The molecule has 2 rings (SSSR count). The molecule has 0 spiro atoms. The number of nitrogens with zero attached hydrogens (tertiary/aromatic N) is 1. The lowest BCUT2D eigenvalue weighted by molar-refractivity contribution is 0.589. The lowest BCUT2D eigenvalue weighted by Crippen LogP contribution is -2.21. The zero-order valence-corrected chi connectivity index (χ0v) is 11.6. The van der Waals surface area contributed by atoms with Crippen LogP contribution in [-0.2, 0) is 9.84 Å². The van der Waals surface area contributed by atoms with Crippen molar-refractivity contribution in [1.82, 2.24) is 4.98 Å². The van der Waals surface area contributed by atoms with Crippen LogP contribution < -0.4 is 5.73 Å². The minimum absolute atomic E-state index is 0.154. The summed E-state index contributed by atoms with van der Waals surface area (Å²) in [5, 5.41) is 0.498. The summed E-state index contributed by atoms with van der Waals surface area (Å²) in [6.45, 7) is 0. The number of pyridine rings is 1. The summed E-state index contributed by atoms with van der Waals surface area (Å²) in [6, 6.07) is 8.90. The molecule has 1 aromatic carbocycles. The van der Waals surface area contributed by atoms with Crippen LogP contribution in [0.5, 0.6) is 0 Å². The zero-order valence-electron chi connectivity index (χ0n) is 10.0. The molecule has 2 N–H and O–H groups in total. The van der Waals surface area contributed by atoms with Gasteiger partial charge in [-0.1, -0.05) is 11.6 Å². The van der Waals surface area contributed by atoms with E-state index >= 15 is 0 Å². The highest BCUT2D eigenvalue weighted by molar-refractivity contribution is 7.91. The Kier molecular flexibility index (Phi) is 4.19. The van der Waals surface area contributed by atoms with Gasteiger partial charge in [-0.15, -0.1) is 0 Å². The van der Waals surface area contributed by atoms with Crippen molar-refractivity contribution >= 4 is 21.4 Å². The van der Waals surface area contributed by atoms with Crippen LogP contribution in [0.1, 0.15) is 11.6 Å². The topological polar surface area (TPSA) is 73.1 Å². The van der Waals surface area contributed by atoms with Crippen molar-refractivity contribution in [3.63, 3.8) is 0 Å². The summed E-state index contributed by atoms with van der Waals surface area (Å²) in [4.78, 5) is 4.10. The number of halogens is 1. The van der Waals surface area contributed by atoms with E-state index in [9.17, 15) is 8.42 Å². The molecule has 19 heavy (non-hydrogen) atoms. The predicted molar refractivity (Wildman–Crippen MR) is 74.7 cm³/mol. The van der Waals surface area contributed by atoms with Crippen LogP contribution in [0.15, 0.2) is 53.7 Å². The maximum Gasteiger partial charge on any atom is 0.180 e. The van der Waals surface area contributed by atoms with Crippen molar-refractivity contribution < 1.29 is 8.42 Å². The largest absolute Gasteiger partial charge is 0.323 e. The van der Waals surface area contributed by atoms with E-state index < -0.39 is 15.9 Å². The Balaban J connectivity index is 2.20. The van der Waals surface area contributed by atoms with Crippen molar-refractivity contribution in [2.45, 2.75) is 10.9 Å². The Morgan fingerprint density at radius 3 is 2.26 bits per heavy atom. The Morgan fingerprint density at radius 2 is 1.68 bits per heavy atom. The number of nitrogens with two attached hydrogens (primary N) is 1. The van der Waals surface area contributed by atoms with Gasteiger partial charge >= 0.3 is 0 Å². The number of sulfone groups is 1. The van der Waals surface area contributed by atoms with E-state index in [1.54, 1.807) is 36.7 Å². The molecule has 0 saturated heterocycles. The molecule has 0 amide bonds. The number of hydrogen-bond donors (Lipinski definition) is 1. The fourth-order valence-electron chi connectivity index (χ4n) is 1.68. The third kappa shape index (κ3) is 3.53. The van der Waals surface area contributed by atoms with Crippen LogP contribution in [0.25, 0.3) is 0 Å². The van der Waals surface area contributed by atoms with Crippen LogP contribution in [0.4, 0.5) is 0 Å². The van der Waals surface area contributed by atoms with Gasteiger partial charge < -0.3 is 5.73 Å². The lowest BCUT2D eigenvalue weighted by Gasteiger charge is -2.12. The highest BCUT2D eigenvalue weighted by Gasteiger charge is 2.19. The normalized spacial score (nSPS) is 13.2. The molecule has 1 aromatic heterocycles. The van der Waals surface area contributed by atoms with Crippen LogP contribution >= 0.6 is 11.6 Å². The molecular weight excluding hydrogens is 284 g/mol. The maximum atomic E-state index is 12.2. The molecule has 1 heterocycles. The third-order valence-corrected chi connectivity index (χ3v) is 4.75. The minimum atomic E-state index is -3.43. The van der Waals surface area contributed by atoms with E-state index in [0.29, 0.717) is 5.02 Å². The van der Waals surface area contributed by atoms with Crippen LogP contribution in [0.3, 0.4) is 0 Å². The summed E-state index contributed by atoms with van der Waals surface area (Å²) in [6.07, 6.45) is 3.17. The molecule has 0 radical (unpaired) electrons. The molecule has 0 aliphatic carbocycles. The van der Waals surface area contributed by atoms with Crippen LogP contribution in [0, 0.1) is 0 Å². The summed E-state index contributed by atoms with van der Waals surface area (Å²) in [7, 11) is -3.43. The monoisotopic (exact) mass is 296 g/mol. The summed E-state index contributed by atoms with van der Waals surface area (Å²) >= 11 is 5.74. The van der Waals surface area contributed by atoms with E-state index in [-0.39, 0.29) is 10.6 Å². The van der Waals surface area contributed by atoms with Gasteiger partial charge in [0.15, 0.2) is 9.84 Å². The maximum absolute atomic E-state index is 12.2. The molecule has 1 atom stereocenters. The van der Waals surface area contributed by atoms with Crippen molar-refractivity contribution in [1.29, 1.82) is 0 Å². The van der Waals surface area contributed by atoms with E-state index in [4.69, 9.17) is 17.3 Å². The Hall–Kier alpha value is -1.43. The smallest absolute Gasteiger partial charge is 0.180 e. The summed E-state index contributed by atoms with van der Waals surface area (Å²) in [5.74, 6) is -0.154. The quantitative estimate of drug-likeness (QED) is 0.939. The molecule has 6 heteroatoms. The van der Waals surface area contributed by atoms with Gasteiger partial charge in [-0.2, -0.15) is 0 Å². The molecule has 100 valence electrons. The first-order chi connectivity index (χ1) is 8.99. The number of aromatic nitrogens is 1. The Bertz CT molecular complexity index is 642. The van der Waals surface area contributed by atoms with Crippen molar-refractivity contribution in [2.75, 3.05) is 5.75 Å². The van der Waals surface area contributed by atoms with Crippen molar-refractivity contribution in [3.8, 4) is 0 Å². The van der Waals surface area contributed by atoms with Gasteiger partial charge in [-0.05, 0) is 42.0 Å². The second-order valence-electron chi connectivity index (χ2n) is 4.12. The minimum Gasteiger partial charge on any atom is -0.323 e. The van der Waals surface area contributed by atoms with Crippen LogP contribution in [0.2, 0.25) is 5.02 Å². The van der Waals surface area contributed by atoms with Crippen LogP contribution in [-0.4, -0.2) is 19.2 Å². The van der Waals surface area contributed by atoms with Crippen molar-refractivity contribution in [2.24, 2.45) is 5.73 Å². The first-order valence-electron chi connectivity index (χ1n) is 5.63. The van der Waals surface area contributed by atoms with Gasteiger partial charge in [0.05, 0.1) is 10.6 Å². The molecule has 0 aliphatic rings. The predicted octanol–water partition coefficient (Wildman–Crippen LogP) is 2.21. The van der Waals surface area contributed by atoms with Gasteiger partial charge in [0.25, 0.3) is 0 Å². The van der Waals surface area contributed by atoms with E-state index in [1.165, 1.54) is 12.1 Å². The molecule has 0 saturated carbocycles. The fraction of sp³-hybridized carbons (Fsp3) is 0.154. The molecule has 0 bridgehead atoms. The molecule has 0 fully saturated rings. The summed E-state index contributed by atoms with van der Waals surface area (Å²) < 4.78 is 24.4. The molecule has 0 aliphatic heterocycles.